The molecule has 2 atom stereocenters. The molecule has 2 bridgehead atoms. The first kappa shape index (κ1) is 13.8. The molecule has 110 valence electrons. The van der Waals surface area contributed by atoms with Crippen LogP contribution in [-0.4, -0.2) is 54.4 Å². The van der Waals surface area contributed by atoms with Crippen LogP contribution in [0.4, 0.5) is 0 Å². The van der Waals surface area contributed by atoms with E-state index in [4.69, 9.17) is 9.47 Å². The van der Waals surface area contributed by atoms with E-state index in [1.54, 1.807) is 13.3 Å². The summed E-state index contributed by atoms with van der Waals surface area (Å²) in [6.45, 7) is 3.39. The minimum absolute atomic E-state index is 0.272. The van der Waals surface area contributed by atoms with E-state index < -0.39 is 5.60 Å². The van der Waals surface area contributed by atoms with Gasteiger partial charge in [0.05, 0.1) is 25.9 Å². The molecule has 2 fully saturated rings. The van der Waals surface area contributed by atoms with E-state index >= 15 is 0 Å². The number of methoxy groups -OCH3 is 1. The Morgan fingerprint density at radius 3 is 2.60 bits per heavy atom. The van der Waals surface area contributed by atoms with Crippen LogP contribution in [0.5, 0.6) is 5.88 Å². The third-order valence-electron chi connectivity index (χ3n) is 4.72. The van der Waals surface area contributed by atoms with Gasteiger partial charge in [-0.2, -0.15) is 0 Å². The molecule has 0 saturated carbocycles. The van der Waals surface area contributed by atoms with Gasteiger partial charge in [-0.15, -0.1) is 0 Å². The highest BCUT2D eigenvalue weighted by Gasteiger charge is 2.46. The van der Waals surface area contributed by atoms with Gasteiger partial charge in [0.25, 0.3) is 0 Å². The van der Waals surface area contributed by atoms with Crippen molar-refractivity contribution in [2.45, 2.75) is 37.5 Å². The van der Waals surface area contributed by atoms with E-state index in [-0.39, 0.29) is 12.1 Å². The van der Waals surface area contributed by atoms with Crippen LogP contribution in [-0.2, 0) is 10.3 Å². The smallest absolute Gasteiger partial charge is 0.213 e. The van der Waals surface area contributed by atoms with Gasteiger partial charge < -0.3 is 14.6 Å². The van der Waals surface area contributed by atoms with Crippen molar-refractivity contribution in [3.05, 3.63) is 23.4 Å². The second-order valence-corrected chi connectivity index (χ2v) is 5.99. The Hall–Kier alpha value is -1.17. The SMILES string of the molecule is COc1cc(C)c(C2(O)CC3COCC(C2)N3C)cn1. The Bertz CT molecular complexity index is 492. The number of rotatable bonds is 2. The third kappa shape index (κ3) is 2.20. The summed E-state index contributed by atoms with van der Waals surface area (Å²) in [7, 11) is 3.73. The lowest BCUT2D eigenvalue weighted by Gasteiger charge is -2.50. The number of hydrogen-bond donors (Lipinski definition) is 1. The van der Waals surface area contributed by atoms with Gasteiger partial charge in [0.15, 0.2) is 0 Å². The lowest BCUT2D eigenvalue weighted by atomic mass is 9.76. The molecule has 20 heavy (non-hydrogen) atoms. The number of likely N-dealkylation sites (N-methyl/N-ethyl adjacent to an activating group) is 1. The van der Waals surface area contributed by atoms with Crippen molar-refractivity contribution in [2.24, 2.45) is 0 Å². The van der Waals surface area contributed by atoms with Crippen molar-refractivity contribution < 1.29 is 14.6 Å². The first-order chi connectivity index (χ1) is 9.53. The number of morpholine rings is 1. The summed E-state index contributed by atoms with van der Waals surface area (Å²) in [6.07, 6.45) is 3.14. The maximum absolute atomic E-state index is 11.1. The van der Waals surface area contributed by atoms with Gasteiger partial charge in [-0.05, 0) is 32.4 Å². The van der Waals surface area contributed by atoms with E-state index in [2.05, 4.69) is 16.9 Å². The molecule has 5 nitrogen and oxygen atoms in total. The molecule has 3 heterocycles. The summed E-state index contributed by atoms with van der Waals surface area (Å²) < 4.78 is 10.8. The van der Waals surface area contributed by atoms with Crippen molar-refractivity contribution in [1.82, 2.24) is 9.88 Å². The molecule has 2 saturated heterocycles. The molecule has 0 aliphatic carbocycles. The van der Waals surface area contributed by atoms with Crippen molar-refractivity contribution >= 4 is 0 Å². The van der Waals surface area contributed by atoms with Crippen LogP contribution in [0.2, 0.25) is 0 Å². The predicted molar refractivity (Wildman–Crippen MR) is 74.8 cm³/mol. The molecular formula is C15H22N2O3. The molecule has 2 unspecified atom stereocenters. The zero-order chi connectivity index (χ0) is 14.3. The number of aliphatic hydroxyl groups is 1. The second-order valence-electron chi connectivity index (χ2n) is 5.99. The normalized spacial score (nSPS) is 34.0. The number of nitrogens with zero attached hydrogens (tertiary/aromatic N) is 2. The Kier molecular flexibility index (Phi) is 3.44. The highest BCUT2D eigenvalue weighted by atomic mass is 16.5. The number of piperidine rings is 1. The molecule has 0 spiro atoms. The summed E-state index contributed by atoms with van der Waals surface area (Å²) in [4.78, 5) is 6.60. The second kappa shape index (κ2) is 4.98. The van der Waals surface area contributed by atoms with Gasteiger partial charge in [-0.25, -0.2) is 4.98 Å². The van der Waals surface area contributed by atoms with E-state index in [1.165, 1.54) is 0 Å². The lowest BCUT2D eigenvalue weighted by molar-refractivity contribution is -0.138. The summed E-state index contributed by atoms with van der Waals surface area (Å²) >= 11 is 0. The Balaban J connectivity index is 1.93. The van der Waals surface area contributed by atoms with Crippen LogP contribution < -0.4 is 4.74 Å². The lowest BCUT2D eigenvalue weighted by Crippen LogP contribution is -2.59. The van der Waals surface area contributed by atoms with Gasteiger partial charge in [0.1, 0.15) is 0 Å². The standard InChI is InChI=1S/C15H22N2O3/c1-10-4-14(19-3)16-7-13(10)15(18)5-11-8-20-9-12(6-15)17(11)2/h4,7,11-12,18H,5-6,8-9H2,1-3H3. The molecule has 0 amide bonds. The first-order valence-electron chi connectivity index (χ1n) is 7.06. The van der Waals surface area contributed by atoms with Gasteiger partial charge in [0, 0.05) is 29.9 Å². The molecular weight excluding hydrogens is 256 g/mol. The minimum atomic E-state index is -0.811. The number of fused-ring (bicyclic) bond motifs is 2. The third-order valence-corrected chi connectivity index (χ3v) is 4.72. The van der Waals surface area contributed by atoms with Gasteiger partial charge in [-0.3, -0.25) is 4.90 Å². The fraction of sp³-hybridized carbons (Fsp3) is 0.667. The average molecular weight is 278 g/mol. The summed E-state index contributed by atoms with van der Waals surface area (Å²) in [5.41, 5.74) is 1.14. The number of pyridine rings is 1. The molecule has 5 heteroatoms. The van der Waals surface area contributed by atoms with Gasteiger partial charge >= 0.3 is 0 Å². The van der Waals surface area contributed by atoms with E-state index in [9.17, 15) is 5.11 Å². The number of aryl methyl sites for hydroxylation is 1. The number of aromatic nitrogens is 1. The van der Waals surface area contributed by atoms with Gasteiger partial charge in [-0.1, -0.05) is 0 Å². The number of hydrogen-bond acceptors (Lipinski definition) is 5. The van der Waals surface area contributed by atoms with Crippen LogP contribution in [0.1, 0.15) is 24.0 Å². The first-order valence-corrected chi connectivity index (χ1v) is 7.06. The quantitative estimate of drug-likeness (QED) is 0.877. The molecule has 2 aliphatic rings. The van der Waals surface area contributed by atoms with E-state index in [0.717, 1.165) is 11.1 Å². The monoisotopic (exact) mass is 278 g/mol. The summed E-state index contributed by atoms with van der Waals surface area (Å²) in [5, 5.41) is 11.1. The summed E-state index contributed by atoms with van der Waals surface area (Å²) in [5.74, 6) is 0.589. The van der Waals surface area contributed by atoms with Crippen LogP contribution in [0.15, 0.2) is 12.3 Å². The molecule has 2 aliphatic heterocycles. The van der Waals surface area contributed by atoms with Crippen LogP contribution >= 0.6 is 0 Å². The van der Waals surface area contributed by atoms with Crippen LogP contribution in [0.3, 0.4) is 0 Å². The van der Waals surface area contributed by atoms with Crippen LogP contribution in [0.25, 0.3) is 0 Å². The number of ether oxygens (including phenoxy) is 2. The highest BCUT2D eigenvalue weighted by Crippen LogP contribution is 2.41. The van der Waals surface area contributed by atoms with Crippen molar-refractivity contribution in [3.8, 4) is 5.88 Å². The van der Waals surface area contributed by atoms with E-state index in [1.807, 2.05) is 13.0 Å². The largest absolute Gasteiger partial charge is 0.481 e. The molecule has 0 radical (unpaired) electrons. The Morgan fingerprint density at radius 1 is 1.40 bits per heavy atom. The maximum Gasteiger partial charge on any atom is 0.213 e. The Morgan fingerprint density at radius 2 is 2.05 bits per heavy atom. The maximum atomic E-state index is 11.1. The van der Waals surface area contributed by atoms with Crippen LogP contribution in [0, 0.1) is 6.92 Å². The predicted octanol–water partition coefficient (Wildman–Crippen LogP) is 1.08. The molecule has 1 aromatic heterocycles. The topological polar surface area (TPSA) is 54.8 Å². The average Bonchev–Trinajstić information content (AvgIpc) is 2.40. The van der Waals surface area contributed by atoms with Crippen molar-refractivity contribution in [1.29, 1.82) is 0 Å². The highest BCUT2D eigenvalue weighted by molar-refractivity contribution is 5.33. The fourth-order valence-corrected chi connectivity index (χ4v) is 3.49. The minimum Gasteiger partial charge on any atom is -0.481 e. The molecule has 0 aromatic carbocycles. The van der Waals surface area contributed by atoms with E-state index in [0.29, 0.717) is 31.9 Å². The Labute approximate surface area is 119 Å². The summed E-state index contributed by atoms with van der Waals surface area (Å²) in [6, 6.07) is 2.43. The molecule has 3 rings (SSSR count). The zero-order valence-electron chi connectivity index (χ0n) is 12.3. The van der Waals surface area contributed by atoms with Crippen molar-refractivity contribution in [2.75, 3.05) is 27.4 Å². The van der Waals surface area contributed by atoms with Crippen molar-refractivity contribution in [3.63, 3.8) is 0 Å². The van der Waals surface area contributed by atoms with Gasteiger partial charge in [0.2, 0.25) is 5.88 Å². The zero-order valence-corrected chi connectivity index (χ0v) is 12.3. The molecule has 1 N–H and O–H groups in total. The fourth-order valence-electron chi connectivity index (χ4n) is 3.49. The molecule has 1 aromatic rings.